The van der Waals surface area contributed by atoms with Crippen molar-refractivity contribution in [3.8, 4) is 11.5 Å². The molecule has 0 radical (unpaired) electrons. The maximum absolute atomic E-state index is 11.8. The maximum atomic E-state index is 11.8. The topological polar surface area (TPSA) is 56.8 Å². The van der Waals surface area contributed by atoms with E-state index >= 15 is 0 Å². The van der Waals surface area contributed by atoms with Crippen LogP contribution in [-0.4, -0.2) is 38.9 Å². The summed E-state index contributed by atoms with van der Waals surface area (Å²) < 4.78 is 16.7. The highest BCUT2D eigenvalue weighted by Crippen LogP contribution is 2.29. The van der Waals surface area contributed by atoms with Gasteiger partial charge in [0, 0.05) is 25.3 Å². The van der Waals surface area contributed by atoms with E-state index in [1.807, 2.05) is 12.1 Å². The zero-order valence-electron chi connectivity index (χ0n) is 11.4. The first-order chi connectivity index (χ1) is 9.69. The second-order valence-corrected chi connectivity index (χ2v) is 5.39. The molecular weight excluding hydrogens is 326 g/mol. The molecule has 1 aromatic carbocycles. The molecule has 0 atom stereocenters. The quantitative estimate of drug-likeness (QED) is 0.889. The number of amides is 1. The van der Waals surface area contributed by atoms with Crippen molar-refractivity contribution in [1.82, 2.24) is 5.32 Å². The van der Waals surface area contributed by atoms with Crippen LogP contribution in [-0.2, 0) is 9.53 Å². The van der Waals surface area contributed by atoms with Crippen LogP contribution in [0.5, 0.6) is 11.5 Å². The predicted octanol–water partition coefficient (Wildman–Crippen LogP) is 2.13. The van der Waals surface area contributed by atoms with Gasteiger partial charge in [0.25, 0.3) is 5.91 Å². The summed E-state index contributed by atoms with van der Waals surface area (Å²) in [6.07, 6.45) is 1.71. The summed E-state index contributed by atoms with van der Waals surface area (Å²) in [5, 5.41) is 2.95. The molecule has 0 saturated carbocycles. The Morgan fingerprint density at radius 2 is 2.20 bits per heavy atom. The van der Waals surface area contributed by atoms with E-state index in [-0.39, 0.29) is 18.6 Å². The van der Waals surface area contributed by atoms with E-state index in [2.05, 4.69) is 21.2 Å². The molecule has 0 spiro atoms. The van der Waals surface area contributed by atoms with Crippen molar-refractivity contribution in [3.63, 3.8) is 0 Å². The highest BCUT2D eigenvalue weighted by Gasteiger charge is 2.16. The van der Waals surface area contributed by atoms with E-state index in [4.69, 9.17) is 14.2 Å². The monoisotopic (exact) mass is 343 g/mol. The van der Waals surface area contributed by atoms with Gasteiger partial charge in [-0.15, -0.1) is 0 Å². The standard InChI is InChI=1S/C14H18BrNO4/c1-18-11-2-3-12(15)13(8-11)20-9-14(17)16-10-4-6-19-7-5-10/h2-3,8,10H,4-7,9H2,1H3,(H,16,17). The number of ether oxygens (including phenoxy) is 3. The Morgan fingerprint density at radius 1 is 1.45 bits per heavy atom. The molecule has 1 N–H and O–H groups in total. The first-order valence-corrected chi connectivity index (χ1v) is 7.32. The van der Waals surface area contributed by atoms with Crippen molar-refractivity contribution in [1.29, 1.82) is 0 Å². The highest BCUT2D eigenvalue weighted by molar-refractivity contribution is 9.10. The number of halogens is 1. The van der Waals surface area contributed by atoms with Crippen LogP contribution in [0.2, 0.25) is 0 Å². The lowest BCUT2D eigenvalue weighted by Crippen LogP contribution is -2.41. The summed E-state index contributed by atoms with van der Waals surface area (Å²) in [5.74, 6) is 1.16. The van der Waals surface area contributed by atoms with Gasteiger partial charge in [0.05, 0.1) is 11.6 Å². The lowest BCUT2D eigenvalue weighted by molar-refractivity contribution is -0.124. The zero-order valence-corrected chi connectivity index (χ0v) is 12.9. The maximum Gasteiger partial charge on any atom is 0.258 e. The lowest BCUT2D eigenvalue weighted by Gasteiger charge is -2.23. The molecule has 20 heavy (non-hydrogen) atoms. The Morgan fingerprint density at radius 3 is 2.90 bits per heavy atom. The van der Waals surface area contributed by atoms with Gasteiger partial charge in [-0.3, -0.25) is 4.79 Å². The summed E-state index contributed by atoms with van der Waals surface area (Å²) in [6, 6.07) is 5.57. The van der Waals surface area contributed by atoms with Gasteiger partial charge in [0.1, 0.15) is 11.5 Å². The molecule has 1 aliphatic heterocycles. The Bertz CT molecular complexity index is 460. The van der Waals surface area contributed by atoms with Crippen LogP contribution in [0.1, 0.15) is 12.8 Å². The van der Waals surface area contributed by atoms with Gasteiger partial charge < -0.3 is 19.5 Å². The third kappa shape index (κ3) is 4.38. The van der Waals surface area contributed by atoms with Gasteiger partial charge in [0.2, 0.25) is 0 Å². The molecule has 110 valence electrons. The third-order valence-corrected chi connectivity index (χ3v) is 3.74. The minimum absolute atomic E-state index is 0.0108. The first-order valence-electron chi connectivity index (χ1n) is 6.52. The van der Waals surface area contributed by atoms with Gasteiger partial charge in [0.15, 0.2) is 6.61 Å². The largest absolute Gasteiger partial charge is 0.497 e. The number of carbonyl (C=O) groups excluding carboxylic acids is 1. The lowest BCUT2D eigenvalue weighted by atomic mass is 10.1. The third-order valence-electron chi connectivity index (χ3n) is 3.08. The normalized spacial score (nSPS) is 15.7. The van der Waals surface area contributed by atoms with Crippen LogP contribution < -0.4 is 14.8 Å². The van der Waals surface area contributed by atoms with E-state index in [0.717, 1.165) is 17.3 Å². The Kier molecular flexibility index (Phi) is 5.67. The molecule has 0 aromatic heterocycles. The number of nitrogens with one attached hydrogen (secondary N) is 1. The van der Waals surface area contributed by atoms with Crippen molar-refractivity contribution in [3.05, 3.63) is 22.7 Å². The van der Waals surface area contributed by atoms with Crippen molar-refractivity contribution in [2.45, 2.75) is 18.9 Å². The number of methoxy groups -OCH3 is 1. The predicted molar refractivity (Wildman–Crippen MR) is 78.2 cm³/mol. The average Bonchev–Trinajstić information content (AvgIpc) is 2.47. The van der Waals surface area contributed by atoms with E-state index in [0.29, 0.717) is 24.7 Å². The van der Waals surface area contributed by atoms with Crippen LogP contribution in [0.4, 0.5) is 0 Å². The molecule has 1 fully saturated rings. The van der Waals surface area contributed by atoms with Crippen LogP contribution >= 0.6 is 15.9 Å². The molecule has 2 rings (SSSR count). The van der Waals surface area contributed by atoms with Crippen molar-refractivity contribution < 1.29 is 19.0 Å². The number of hydrogen-bond acceptors (Lipinski definition) is 4. The first kappa shape index (κ1) is 15.1. The van der Waals surface area contributed by atoms with Gasteiger partial charge in [-0.05, 0) is 40.9 Å². The molecule has 1 aromatic rings. The van der Waals surface area contributed by atoms with Crippen molar-refractivity contribution in [2.24, 2.45) is 0 Å². The van der Waals surface area contributed by atoms with E-state index in [1.165, 1.54) is 0 Å². The van der Waals surface area contributed by atoms with Crippen LogP contribution in [0, 0.1) is 0 Å². The van der Waals surface area contributed by atoms with E-state index < -0.39 is 0 Å². The molecule has 1 amide bonds. The SMILES string of the molecule is COc1ccc(Br)c(OCC(=O)NC2CCOCC2)c1. The molecule has 5 nitrogen and oxygen atoms in total. The van der Waals surface area contributed by atoms with Gasteiger partial charge in [-0.2, -0.15) is 0 Å². The Hall–Kier alpha value is -1.27. The minimum Gasteiger partial charge on any atom is -0.497 e. The molecule has 0 bridgehead atoms. The number of rotatable bonds is 5. The summed E-state index contributed by atoms with van der Waals surface area (Å²) in [7, 11) is 1.59. The van der Waals surface area contributed by atoms with E-state index in [9.17, 15) is 4.79 Å². The summed E-state index contributed by atoms with van der Waals surface area (Å²) in [6.45, 7) is 1.39. The second kappa shape index (κ2) is 7.50. The smallest absolute Gasteiger partial charge is 0.258 e. The summed E-state index contributed by atoms with van der Waals surface area (Å²) >= 11 is 3.38. The van der Waals surface area contributed by atoms with Crippen LogP contribution in [0.15, 0.2) is 22.7 Å². The Balaban J connectivity index is 1.83. The molecule has 0 unspecified atom stereocenters. The Labute approximate surface area is 126 Å². The number of carbonyl (C=O) groups is 1. The fraction of sp³-hybridized carbons (Fsp3) is 0.500. The second-order valence-electron chi connectivity index (χ2n) is 4.54. The van der Waals surface area contributed by atoms with Crippen molar-refractivity contribution >= 4 is 21.8 Å². The number of benzene rings is 1. The molecular formula is C14H18BrNO4. The van der Waals surface area contributed by atoms with Gasteiger partial charge in [-0.25, -0.2) is 0 Å². The molecule has 1 aliphatic rings. The molecule has 0 aliphatic carbocycles. The van der Waals surface area contributed by atoms with Gasteiger partial charge in [-0.1, -0.05) is 0 Å². The molecule has 6 heteroatoms. The zero-order chi connectivity index (χ0) is 14.4. The highest BCUT2D eigenvalue weighted by atomic mass is 79.9. The molecule has 1 saturated heterocycles. The fourth-order valence-electron chi connectivity index (χ4n) is 1.98. The van der Waals surface area contributed by atoms with Crippen LogP contribution in [0.25, 0.3) is 0 Å². The summed E-state index contributed by atoms with van der Waals surface area (Å²) in [5.41, 5.74) is 0. The summed E-state index contributed by atoms with van der Waals surface area (Å²) in [4.78, 5) is 11.8. The van der Waals surface area contributed by atoms with E-state index in [1.54, 1.807) is 13.2 Å². The minimum atomic E-state index is -0.119. The molecule has 1 heterocycles. The van der Waals surface area contributed by atoms with Crippen molar-refractivity contribution in [2.75, 3.05) is 26.9 Å². The van der Waals surface area contributed by atoms with Crippen LogP contribution in [0.3, 0.4) is 0 Å². The number of hydrogen-bond donors (Lipinski definition) is 1. The fourth-order valence-corrected chi connectivity index (χ4v) is 2.34. The van der Waals surface area contributed by atoms with Gasteiger partial charge >= 0.3 is 0 Å². The average molecular weight is 344 g/mol.